The monoisotopic (exact) mass is 352 g/mol. The Hall–Kier alpha value is -1.73. The molecule has 2 rings (SSSR count). The summed E-state index contributed by atoms with van der Waals surface area (Å²) in [6, 6.07) is 6.71. The number of nitrogens with zero attached hydrogens (tertiary/aromatic N) is 1. The highest BCUT2D eigenvalue weighted by Crippen LogP contribution is 2.30. The van der Waals surface area contributed by atoms with Crippen LogP contribution in [0.3, 0.4) is 0 Å². The summed E-state index contributed by atoms with van der Waals surface area (Å²) in [5.41, 5.74) is 0.580. The van der Waals surface area contributed by atoms with E-state index in [4.69, 9.17) is 0 Å². The van der Waals surface area contributed by atoms with Crippen LogP contribution >= 0.6 is 11.3 Å². The molecule has 2 aromatic rings. The molecule has 0 saturated heterocycles. The number of pyridine rings is 1. The lowest BCUT2D eigenvalue weighted by molar-refractivity contribution is -0.121. The largest absolute Gasteiger partial charge is 0.354 e. The summed E-state index contributed by atoms with van der Waals surface area (Å²) >= 11 is 1.18. The van der Waals surface area contributed by atoms with Crippen molar-refractivity contribution in [1.82, 2.24) is 10.3 Å². The Labute approximate surface area is 140 Å². The second-order valence-corrected chi connectivity index (χ2v) is 8.46. The summed E-state index contributed by atoms with van der Waals surface area (Å²) in [5, 5.41) is 3.64. The fraction of sp³-hybridized carbons (Fsp3) is 0.375. The van der Waals surface area contributed by atoms with E-state index in [2.05, 4.69) is 10.3 Å². The molecular formula is C16H20N2O3S2. The first-order chi connectivity index (χ1) is 11.1. The van der Waals surface area contributed by atoms with Crippen molar-refractivity contribution in [3.05, 3.63) is 47.6 Å². The predicted octanol–water partition coefficient (Wildman–Crippen LogP) is 2.96. The SMILES string of the molecule is CCCCC(=O)NCC(c1cccnc1)S(=O)(=O)c1cccs1. The van der Waals surface area contributed by atoms with Gasteiger partial charge in [0.05, 0.1) is 0 Å². The van der Waals surface area contributed by atoms with Crippen LogP contribution in [0.2, 0.25) is 0 Å². The minimum Gasteiger partial charge on any atom is -0.354 e. The number of amides is 1. The number of rotatable bonds is 8. The van der Waals surface area contributed by atoms with Gasteiger partial charge in [0.1, 0.15) is 9.46 Å². The zero-order valence-electron chi connectivity index (χ0n) is 12.9. The van der Waals surface area contributed by atoms with Gasteiger partial charge in [-0.25, -0.2) is 8.42 Å². The van der Waals surface area contributed by atoms with Gasteiger partial charge in [-0.05, 0) is 29.5 Å². The van der Waals surface area contributed by atoms with Gasteiger partial charge in [0, 0.05) is 25.4 Å². The Morgan fingerprint density at radius 2 is 2.17 bits per heavy atom. The lowest BCUT2D eigenvalue weighted by Crippen LogP contribution is -2.31. The van der Waals surface area contributed by atoms with Crippen molar-refractivity contribution in [3.63, 3.8) is 0 Å². The molecule has 0 radical (unpaired) electrons. The number of carbonyl (C=O) groups excluding carboxylic acids is 1. The van der Waals surface area contributed by atoms with Gasteiger partial charge in [-0.15, -0.1) is 11.3 Å². The first-order valence-electron chi connectivity index (χ1n) is 7.49. The molecular weight excluding hydrogens is 332 g/mol. The summed E-state index contributed by atoms with van der Waals surface area (Å²) in [4.78, 5) is 15.8. The topological polar surface area (TPSA) is 76.1 Å². The third kappa shape index (κ3) is 4.62. The summed E-state index contributed by atoms with van der Waals surface area (Å²) in [6.45, 7) is 2.06. The minimum atomic E-state index is -3.56. The van der Waals surface area contributed by atoms with E-state index in [1.54, 1.807) is 35.8 Å². The van der Waals surface area contributed by atoms with Gasteiger partial charge in [-0.3, -0.25) is 9.78 Å². The van der Waals surface area contributed by atoms with Crippen LogP contribution in [-0.2, 0) is 14.6 Å². The van der Waals surface area contributed by atoms with Crippen molar-refractivity contribution in [2.24, 2.45) is 0 Å². The predicted molar refractivity (Wildman–Crippen MR) is 91.0 cm³/mol. The van der Waals surface area contributed by atoms with Crippen molar-refractivity contribution in [2.45, 2.75) is 35.6 Å². The van der Waals surface area contributed by atoms with Gasteiger partial charge in [0.25, 0.3) is 0 Å². The van der Waals surface area contributed by atoms with E-state index in [1.807, 2.05) is 6.92 Å². The molecule has 1 unspecified atom stereocenters. The van der Waals surface area contributed by atoms with Crippen LogP contribution in [0.4, 0.5) is 0 Å². The van der Waals surface area contributed by atoms with Crippen LogP contribution in [0.1, 0.15) is 37.0 Å². The Bertz CT molecular complexity index is 713. The van der Waals surface area contributed by atoms with E-state index in [1.165, 1.54) is 17.5 Å². The highest BCUT2D eigenvalue weighted by atomic mass is 32.2. The molecule has 0 aromatic carbocycles. The second-order valence-electron chi connectivity index (χ2n) is 5.16. The van der Waals surface area contributed by atoms with Crippen LogP contribution < -0.4 is 5.32 Å². The molecule has 7 heteroatoms. The van der Waals surface area contributed by atoms with E-state index >= 15 is 0 Å². The standard InChI is InChI=1S/C16H20N2O3S2/c1-2-3-7-15(19)18-12-14(13-6-4-9-17-11-13)23(20,21)16-8-5-10-22-16/h4-6,8-11,14H,2-3,7,12H2,1H3,(H,18,19). The molecule has 0 aliphatic carbocycles. The molecule has 0 saturated carbocycles. The summed E-state index contributed by atoms with van der Waals surface area (Å²) in [5.74, 6) is -0.123. The molecule has 0 aliphatic rings. The number of aromatic nitrogens is 1. The first-order valence-corrected chi connectivity index (χ1v) is 9.92. The van der Waals surface area contributed by atoms with Crippen LogP contribution in [0.5, 0.6) is 0 Å². The van der Waals surface area contributed by atoms with Gasteiger partial charge in [0.15, 0.2) is 9.84 Å². The zero-order chi connectivity index (χ0) is 16.7. The average Bonchev–Trinajstić information content (AvgIpc) is 3.09. The summed E-state index contributed by atoms with van der Waals surface area (Å²) < 4.78 is 26.0. The third-order valence-electron chi connectivity index (χ3n) is 3.45. The summed E-state index contributed by atoms with van der Waals surface area (Å²) in [7, 11) is -3.56. The van der Waals surface area contributed by atoms with Gasteiger partial charge in [-0.1, -0.05) is 25.5 Å². The fourth-order valence-corrected chi connectivity index (χ4v) is 5.02. The average molecular weight is 352 g/mol. The van der Waals surface area contributed by atoms with E-state index < -0.39 is 15.1 Å². The molecule has 0 fully saturated rings. The lowest BCUT2D eigenvalue weighted by atomic mass is 10.2. The Morgan fingerprint density at radius 1 is 1.35 bits per heavy atom. The quantitative estimate of drug-likeness (QED) is 0.792. The minimum absolute atomic E-state index is 0.0501. The first kappa shape index (κ1) is 17.6. The molecule has 5 nitrogen and oxygen atoms in total. The molecule has 2 heterocycles. The van der Waals surface area contributed by atoms with E-state index in [9.17, 15) is 13.2 Å². The molecule has 1 N–H and O–H groups in total. The van der Waals surface area contributed by atoms with Gasteiger partial charge in [0.2, 0.25) is 5.91 Å². The normalized spacial score (nSPS) is 12.7. The van der Waals surface area contributed by atoms with Crippen molar-refractivity contribution in [1.29, 1.82) is 0 Å². The summed E-state index contributed by atoms with van der Waals surface area (Å²) in [6.07, 6.45) is 5.26. The maximum Gasteiger partial charge on any atom is 0.220 e. The molecule has 0 bridgehead atoms. The smallest absolute Gasteiger partial charge is 0.220 e. The number of hydrogen-bond acceptors (Lipinski definition) is 5. The van der Waals surface area contributed by atoms with Crippen molar-refractivity contribution >= 4 is 27.1 Å². The van der Waals surface area contributed by atoms with Crippen LogP contribution in [0.25, 0.3) is 0 Å². The van der Waals surface area contributed by atoms with E-state index in [0.717, 1.165) is 12.8 Å². The lowest BCUT2D eigenvalue weighted by Gasteiger charge is -2.17. The van der Waals surface area contributed by atoms with Crippen molar-refractivity contribution in [2.75, 3.05) is 6.54 Å². The highest BCUT2D eigenvalue weighted by Gasteiger charge is 2.30. The van der Waals surface area contributed by atoms with E-state index in [0.29, 0.717) is 16.2 Å². The molecule has 124 valence electrons. The molecule has 0 spiro atoms. The molecule has 23 heavy (non-hydrogen) atoms. The number of thiophene rings is 1. The number of hydrogen-bond donors (Lipinski definition) is 1. The number of carbonyl (C=O) groups is 1. The van der Waals surface area contributed by atoms with Crippen molar-refractivity contribution < 1.29 is 13.2 Å². The number of unbranched alkanes of at least 4 members (excludes halogenated alkanes) is 1. The molecule has 0 aliphatic heterocycles. The molecule has 1 atom stereocenters. The molecule has 2 aromatic heterocycles. The zero-order valence-corrected chi connectivity index (χ0v) is 14.6. The van der Waals surface area contributed by atoms with E-state index in [-0.39, 0.29) is 12.5 Å². The van der Waals surface area contributed by atoms with Gasteiger partial charge >= 0.3 is 0 Å². The third-order valence-corrected chi connectivity index (χ3v) is 6.98. The van der Waals surface area contributed by atoms with Crippen LogP contribution in [-0.4, -0.2) is 25.9 Å². The van der Waals surface area contributed by atoms with Gasteiger partial charge in [-0.2, -0.15) is 0 Å². The second kappa shape index (κ2) is 8.21. The maximum absolute atomic E-state index is 12.9. The van der Waals surface area contributed by atoms with Gasteiger partial charge < -0.3 is 5.32 Å². The van der Waals surface area contributed by atoms with Crippen LogP contribution in [0, 0.1) is 0 Å². The Balaban J connectivity index is 2.22. The highest BCUT2D eigenvalue weighted by molar-refractivity contribution is 7.93. The van der Waals surface area contributed by atoms with Crippen LogP contribution in [0.15, 0.2) is 46.2 Å². The Kier molecular flexibility index (Phi) is 6.29. The number of nitrogens with one attached hydrogen (secondary N) is 1. The number of sulfone groups is 1. The van der Waals surface area contributed by atoms with Crippen molar-refractivity contribution in [3.8, 4) is 0 Å². The fourth-order valence-electron chi connectivity index (χ4n) is 2.17. The maximum atomic E-state index is 12.9. The molecule has 1 amide bonds. The Morgan fingerprint density at radius 3 is 2.78 bits per heavy atom.